The summed E-state index contributed by atoms with van der Waals surface area (Å²) in [4.78, 5) is 85.6. The number of esters is 1. The summed E-state index contributed by atoms with van der Waals surface area (Å²) in [5.74, 6) is -2.18. The molecule has 14 heteroatoms. The van der Waals surface area contributed by atoms with Gasteiger partial charge >= 0.3 is 5.97 Å². The maximum Gasteiger partial charge on any atom is 0.329 e. The SMILES string of the molecule is CCCC[C@@H](C)CCC(=O)N(C)C(CC(C)C)C(=O)NC(CC)C(O)N(C)C(Cc1ccccc1)C(=O)N[C@@H](C[C@H](C)CCCC)C(=O)N(C)[C@@H](C)C(=O)O[C@H](C)C(=O)NC. The van der Waals surface area contributed by atoms with Crippen molar-refractivity contribution in [3.8, 4) is 0 Å². The van der Waals surface area contributed by atoms with E-state index in [0.717, 1.165) is 50.5 Å². The summed E-state index contributed by atoms with van der Waals surface area (Å²) >= 11 is 0. The predicted octanol–water partition coefficient (Wildman–Crippen LogP) is 5.45. The summed E-state index contributed by atoms with van der Waals surface area (Å²) in [7, 11) is 6.18. The molecular weight excluding hydrogens is 777 g/mol. The van der Waals surface area contributed by atoms with Crippen LogP contribution in [0, 0.1) is 17.8 Å². The maximum atomic E-state index is 14.6. The van der Waals surface area contributed by atoms with E-state index in [0.29, 0.717) is 31.6 Å². The quantitative estimate of drug-likeness (QED) is 0.0603. The maximum absolute atomic E-state index is 14.6. The van der Waals surface area contributed by atoms with Crippen LogP contribution in [0.2, 0.25) is 0 Å². The van der Waals surface area contributed by atoms with Gasteiger partial charge in [0.2, 0.25) is 23.6 Å². The molecule has 1 aromatic carbocycles. The molecule has 0 fully saturated rings. The summed E-state index contributed by atoms with van der Waals surface area (Å²) in [5.41, 5.74) is 0.817. The Labute approximate surface area is 367 Å². The molecule has 0 aliphatic rings. The van der Waals surface area contributed by atoms with Gasteiger partial charge < -0.3 is 35.6 Å². The largest absolute Gasteiger partial charge is 0.451 e. The van der Waals surface area contributed by atoms with Gasteiger partial charge in [-0.2, -0.15) is 0 Å². The molecule has 5 amide bonds. The van der Waals surface area contributed by atoms with Gasteiger partial charge in [-0.3, -0.25) is 28.9 Å². The molecule has 0 saturated heterocycles. The number of amides is 5. The lowest BCUT2D eigenvalue weighted by Gasteiger charge is -2.38. The molecule has 9 atom stereocenters. The molecule has 61 heavy (non-hydrogen) atoms. The van der Waals surface area contributed by atoms with Gasteiger partial charge in [-0.1, -0.05) is 117 Å². The van der Waals surface area contributed by atoms with E-state index >= 15 is 0 Å². The van der Waals surface area contributed by atoms with E-state index in [1.807, 2.05) is 58.0 Å². The minimum Gasteiger partial charge on any atom is -0.451 e. The van der Waals surface area contributed by atoms with Gasteiger partial charge in [-0.25, -0.2) is 4.79 Å². The number of hydrogen-bond donors (Lipinski definition) is 4. The fourth-order valence-electron chi connectivity index (χ4n) is 7.38. The summed E-state index contributed by atoms with van der Waals surface area (Å²) < 4.78 is 5.33. The van der Waals surface area contributed by atoms with Crippen LogP contribution in [0.25, 0.3) is 0 Å². The number of ether oxygens (including phenoxy) is 1. The van der Waals surface area contributed by atoms with E-state index in [1.54, 1.807) is 14.1 Å². The summed E-state index contributed by atoms with van der Waals surface area (Å²) in [5, 5.41) is 20.4. The van der Waals surface area contributed by atoms with E-state index in [2.05, 4.69) is 36.7 Å². The fraction of sp³-hybridized carbons (Fsp3) is 0.745. The van der Waals surface area contributed by atoms with Crippen molar-refractivity contribution in [1.29, 1.82) is 0 Å². The number of rotatable bonds is 29. The van der Waals surface area contributed by atoms with Crippen LogP contribution >= 0.6 is 0 Å². The molecule has 348 valence electrons. The second-order valence-electron chi connectivity index (χ2n) is 17.6. The third-order valence-electron chi connectivity index (χ3n) is 11.9. The molecule has 14 nitrogen and oxygen atoms in total. The first-order valence-corrected chi connectivity index (χ1v) is 22.7. The summed E-state index contributed by atoms with van der Waals surface area (Å²) in [6.45, 7) is 17.2. The summed E-state index contributed by atoms with van der Waals surface area (Å²) in [6, 6.07) is 4.70. The number of carbonyl (C=O) groups excluding carboxylic acids is 6. The highest BCUT2D eigenvalue weighted by molar-refractivity contribution is 5.93. The third-order valence-corrected chi connectivity index (χ3v) is 11.9. The molecule has 1 rings (SSSR count). The van der Waals surface area contributed by atoms with Gasteiger partial charge in [-0.15, -0.1) is 0 Å². The molecule has 4 N–H and O–H groups in total. The van der Waals surface area contributed by atoms with Crippen molar-refractivity contribution in [3.05, 3.63) is 35.9 Å². The average molecular weight is 859 g/mol. The Morgan fingerprint density at radius 1 is 0.721 bits per heavy atom. The number of carbonyl (C=O) groups is 6. The second-order valence-corrected chi connectivity index (χ2v) is 17.6. The van der Waals surface area contributed by atoms with Crippen LogP contribution in [0.1, 0.15) is 139 Å². The first-order chi connectivity index (χ1) is 28.7. The molecule has 0 aromatic heterocycles. The Hall–Kier alpha value is -4.04. The lowest BCUT2D eigenvalue weighted by atomic mass is 9.94. The first-order valence-electron chi connectivity index (χ1n) is 22.7. The zero-order valence-corrected chi connectivity index (χ0v) is 39.8. The Bertz CT molecular complexity index is 1490. The highest BCUT2D eigenvalue weighted by Gasteiger charge is 2.38. The molecule has 4 unspecified atom stereocenters. The van der Waals surface area contributed by atoms with Gasteiger partial charge in [0, 0.05) is 27.6 Å². The van der Waals surface area contributed by atoms with Crippen molar-refractivity contribution in [2.75, 3.05) is 28.2 Å². The van der Waals surface area contributed by atoms with Crippen LogP contribution in [0.15, 0.2) is 30.3 Å². The van der Waals surface area contributed by atoms with Crippen LogP contribution in [0.4, 0.5) is 0 Å². The van der Waals surface area contributed by atoms with Crippen molar-refractivity contribution in [1.82, 2.24) is 30.7 Å². The Morgan fingerprint density at radius 2 is 1.30 bits per heavy atom. The number of aliphatic hydroxyl groups is 1. The lowest BCUT2D eigenvalue weighted by molar-refractivity contribution is -0.161. The lowest BCUT2D eigenvalue weighted by Crippen LogP contribution is -2.61. The van der Waals surface area contributed by atoms with Gasteiger partial charge in [0.25, 0.3) is 5.91 Å². The molecule has 1 aromatic rings. The van der Waals surface area contributed by atoms with E-state index in [-0.39, 0.29) is 30.1 Å². The predicted molar refractivity (Wildman–Crippen MR) is 241 cm³/mol. The van der Waals surface area contributed by atoms with Gasteiger partial charge in [0.05, 0.1) is 12.1 Å². The first kappa shape index (κ1) is 55.0. The standard InChI is InChI=1S/C47H82N6O8/c1-14-17-22-32(6)26-27-41(54)52(12)39(28-31(4)5)43(56)49-37(16-3)45(58)53(13)40(30-36-24-20-19-21-25-36)44(57)50-38(29-33(7)23-18-15-2)46(59)51(11)34(8)47(60)61-35(9)42(55)48-10/h19-21,24-25,31-35,37-40,45,58H,14-18,22-23,26-30H2,1-13H3,(H,48,55)(H,49,56)(H,50,57)/t32-,33-,34+,35-,37?,38+,39?,40?,45?/m1/s1. The molecule has 0 heterocycles. The number of aliphatic hydroxyl groups excluding tert-OH is 1. The molecule has 0 spiro atoms. The monoisotopic (exact) mass is 859 g/mol. The van der Waals surface area contributed by atoms with Gasteiger partial charge in [0.15, 0.2) is 6.10 Å². The van der Waals surface area contributed by atoms with Gasteiger partial charge in [0.1, 0.15) is 24.4 Å². The van der Waals surface area contributed by atoms with E-state index in [1.165, 1.54) is 42.6 Å². The topological polar surface area (TPSA) is 178 Å². The number of nitrogens with one attached hydrogen (secondary N) is 3. The van der Waals surface area contributed by atoms with Crippen molar-refractivity contribution in [2.45, 2.75) is 182 Å². The zero-order valence-electron chi connectivity index (χ0n) is 39.8. The second kappa shape index (κ2) is 28.5. The Kier molecular flexibility index (Phi) is 25.7. The van der Waals surface area contributed by atoms with Gasteiger partial charge in [-0.05, 0) is 76.3 Å². The molecular formula is C47H82N6O8. The number of unbranched alkanes of at least 4 members (excludes halogenated alkanes) is 2. The van der Waals surface area contributed by atoms with E-state index < -0.39 is 66.2 Å². The summed E-state index contributed by atoms with van der Waals surface area (Å²) in [6.07, 6.45) is 5.91. The van der Waals surface area contributed by atoms with Crippen LogP contribution in [-0.2, 0) is 39.9 Å². The normalized spacial score (nSPS) is 15.9. The number of benzene rings is 1. The average Bonchev–Trinajstić information content (AvgIpc) is 3.24. The Morgan fingerprint density at radius 3 is 1.84 bits per heavy atom. The molecule has 0 radical (unpaired) electrons. The van der Waals surface area contributed by atoms with Crippen molar-refractivity contribution < 1.29 is 38.6 Å². The highest BCUT2D eigenvalue weighted by Crippen LogP contribution is 2.21. The van der Waals surface area contributed by atoms with Crippen LogP contribution in [-0.4, -0.2) is 126 Å². The van der Waals surface area contributed by atoms with Crippen molar-refractivity contribution in [3.63, 3.8) is 0 Å². The number of hydrogen-bond acceptors (Lipinski definition) is 9. The van der Waals surface area contributed by atoms with Crippen molar-refractivity contribution >= 4 is 35.5 Å². The zero-order chi connectivity index (χ0) is 46.4. The molecule has 0 aliphatic heterocycles. The number of nitrogens with zero attached hydrogens (tertiary/aromatic N) is 3. The minimum atomic E-state index is -1.33. The van der Waals surface area contributed by atoms with Crippen molar-refractivity contribution in [2.24, 2.45) is 17.8 Å². The minimum absolute atomic E-state index is 0.0435. The van der Waals surface area contributed by atoms with Crippen LogP contribution < -0.4 is 16.0 Å². The van der Waals surface area contributed by atoms with E-state index in [9.17, 15) is 33.9 Å². The molecule has 0 saturated carbocycles. The van der Waals surface area contributed by atoms with Crippen LogP contribution in [0.3, 0.4) is 0 Å². The van der Waals surface area contributed by atoms with E-state index in [4.69, 9.17) is 4.74 Å². The number of likely N-dealkylation sites (N-methyl/N-ethyl adjacent to an activating group) is 4. The highest BCUT2D eigenvalue weighted by atomic mass is 16.5. The molecule has 0 aliphatic carbocycles. The third kappa shape index (κ3) is 18.9. The Balaban J connectivity index is 3.46. The van der Waals surface area contributed by atoms with Crippen LogP contribution in [0.5, 0.6) is 0 Å². The fourth-order valence-corrected chi connectivity index (χ4v) is 7.38. The smallest absolute Gasteiger partial charge is 0.329 e. The molecule has 0 bridgehead atoms.